The minimum atomic E-state index is -1.07. The Morgan fingerprint density at radius 2 is 2.06 bits per heavy atom. The Bertz CT molecular complexity index is 393. The number of hydrogen-bond donors (Lipinski definition) is 1. The third-order valence-corrected chi connectivity index (χ3v) is 4.87. The minimum Gasteiger partial charge on any atom is -0.598 e. The molecule has 0 aliphatic heterocycles. The zero-order chi connectivity index (χ0) is 13.2. The summed E-state index contributed by atoms with van der Waals surface area (Å²) in [6.45, 7) is 9.78. The van der Waals surface area contributed by atoms with E-state index in [1.165, 1.54) is 0 Å². The molecule has 0 radical (unpaired) electrons. The molecule has 0 fully saturated rings. The molecule has 1 rings (SSSR count). The number of pyridine rings is 1. The molecule has 0 saturated heterocycles. The summed E-state index contributed by atoms with van der Waals surface area (Å²) in [4.78, 5) is 4.28. The number of nitrogens with zero attached hydrogens (tertiary/aromatic N) is 1. The SMILES string of the molecule is Cc1ncc(C(C)N[S@+]([O-])C(C)(C)C)cc1Br. The zero-order valence-electron chi connectivity index (χ0n) is 10.9. The third kappa shape index (κ3) is 4.25. The van der Waals surface area contributed by atoms with Crippen LogP contribution >= 0.6 is 15.9 Å². The highest BCUT2D eigenvalue weighted by Crippen LogP contribution is 2.22. The van der Waals surface area contributed by atoms with Crippen LogP contribution in [0.3, 0.4) is 0 Å². The van der Waals surface area contributed by atoms with Gasteiger partial charge in [0.1, 0.15) is 4.75 Å². The highest BCUT2D eigenvalue weighted by atomic mass is 79.9. The van der Waals surface area contributed by atoms with Gasteiger partial charge in [0.05, 0.1) is 11.7 Å². The van der Waals surface area contributed by atoms with Crippen molar-refractivity contribution in [2.45, 2.75) is 45.4 Å². The van der Waals surface area contributed by atoms with Crippen LogP contribution in [0, 0.1) is 6.92 Å². The van der Waals surface area contributed by atoms with E-state index in [0.29, 0.717) is 0 Å². The van der Waals surface area contributed by atoms with Crippen molar-refractivity contribution in [3.63, 3.8) is 0 Å². The van der Waals surface area contributed by atoms with Gasteiger partial charge in [0.15, 0.2) is 0 Å². The molecular weight excluding hydrogens is 300 g/mol. The predicted octanol–water partition coefficient (Wildman–Crippen LogP) is 3.27. The Morgan fingerprint density at radius 3 is 2.53 bits per heavy atom. The van der Waals surface area contributed by atoms with Crippen molar-refractivity contribution < 1.29 is 4.55 Å². The van der Waals surface area contributed by atoms with Gasteiger partial charge in [0, 0.05) is 22.0 Å². The van der Waals surface area contributed by atoms with Crippen molar-refractivity contribution in [2.24, 2.45) is 0 Å². The van der Waals surface area contributed by atoms with Gasteiger partial charge in [-0.25, -0.2) is 0 Å². The molecule has 0 amide bonds. The molecule has 17 heavy (non-hydrogen) atoms. The number of aryl methyl sites for hydroxylation is 1. The number of halogens is 1. The van der Waals surface area contributed by atoms with Gasteiger partial charge < -0.3 is 4.55 Å². The van der Waals surface area contributed by atoms with Crippen molar-refractivity contribution in [1.82, 2.24) is 9.71 Å². The van der Waals surface area contributed by atoms with Gasteiger partial charge in [-0.3, -0.25) is 4.98 Å². The monoisotopic (exact) mass is 318 g/mol. The Hall–Kier alpha value is -0.100. The van der Waals surface area contributed by atoms with Crippen molar-refractivity contribution >= 4 is 27.3 Å². The molecule has 1 N–H and O–H groups in total. The largest absolute Gasteiger partial charge is 0.598 e. The number of aromatic nitrogens is 1. The average molecular weight is 319 g/mol. The van der Waals surface area contributed by atoms with Gasteiger partial charge in [-0.15, -0.1) is 4.72 Å². The summed E-state index contributed by atoms with van der Waals surface area (Å²) in [5, 5.41) is 0. The van der Waals surface area contributed by atoms with Crippen LogP contribution in [0.25, 0.3) is 0 Å². The molecule has 0 bridgehead atoms. The zero-order valence-corrected chi connectivity index (χ0v) is 13.3. The van der Waals surface area contributed by atoms with E-state index in [4.69, 9.17) is 0 Å². The quantitative estimate of drug-likeness (QED) is 0.870. The maximum atomic E-state index is 12.0. The molecule has 1 aromatic heterocycles. The molecule has 0 saturated carbocycles. The summed E-state index contributed by atoms with van der Waals surface area (Å²) in [6, 6.07) is 2.03. The molecule has 0 aromatic carbocycles. The number of nitrogens with one attached hydrogen (secondary N) is 1. The van der Waals surface area contributed by atoms with Gasteiger partial charge in [-0.2, -0.15) is 0 Å². The Balaban J connectivity index is 2.76. The molecular formula is C12H19BrN2OS. The van der Waals surface area contributed by atoms with Crippen LogP contribution in [0.1, 0.15) is 45.0 Å². The lowest BCUT2D eigenvalue weighted by Crippen LogP contribution is -2.40. The lowest BCUT2D eigenvalue weighted by atomic mass is 10.1. The number of rotatable bonds is 3. The molecule has 3 nitrogen and oxygen atoms in total. The van der Waals surface area contributed by atoms with Gasteiger partial charge in [0.25, 0.3) is 0 Å². The molecule has 0 spiro atoms. The van der Waals surface area contributed by atoms with Gasteiger partial charge in [-0.1, -0.05) is 0 Å². The topological polar surface area (TPSA) is 48.0 Å². The fraction of sp³-hybridized carbons (Fsp3) is 0.583. The minimum absolute atomic E-state index is 0.0134. The van der Waals surface area contributed by atoms with Crippen molar-refractivity contribution in [2.75, 3.05) is 0 Å². The summed E-state index contributed by atoms with van der Waals surface area (Å²) >= 11 is 2.38. The first-order chi connectivity index (χ1) is 7.71. The summed E-state index contributed by atoms with van der Waals surface area (Å²) in [5.41, 5.74) is 1.98. The van der Waals surface area contributed by atoms with Crippen molar-refractivity contribution in [1.29, 1.82) is 0 Å². The fourth-order valence-electron chi connectivity index (χ4n) is 1.16. The summed E-state index contributed by atoms with van der Waals surface area (Å²) in [5.74, 6) is 0. The smallest absolute Gasteiger partial charge is 0.136 e. The highest BCUT2D eigenvalue weighted by molar-refractivity contribution is 9.10. The van der Waals surface area contributed by atoms with E-state index < -0.39 is 11.4 Å². The highest BCUT2D eigenvalue weighted by Gasteiger charge is 2.28. The molecule has 5 heteroatoms. The van der Waals surface area contributed by atoms with Crippen LogP contribution in [-0.2, 0) is 11.4 Å². The Morgan fingerprint density at radius 1 is 1.47 bits per heavy atom. The molecule has 0 aliphatic rings. The van der Waals surface area contributed by atoms with Crippen LogP contribution < -0.4 is 4.72 Å². The Labute approximate surface area is 115 Å². The van der Waals surface area contributed by atoms with E-state index in [2.05, 4.69) is 25.6 Å². The summed E-state index contributed by atoms with van der Waals surface area (Å²) < 4.78 is 15.8. The standard InChI is InChI=1S/C12H19BrN2OS/c1-8(15-17(16)12(3,4)5)10-6-11(13)9(2)14-7-10/h6-8,15H,1-5H3/t8?,17-/m1/s1. The molecule has 0 aliphatic carbocycles. The average Bonchev–Trinajstić information content (AvgIpc) is 2.20. The fourth-order valence-corrected chi connectivity index (χ4v) is 2.34. The Kier molecular flexibility index (Phi) is 5.01. The maximum absolute atomic E-state index is 12.0. The third-order valence-electron chi connectivity index (χ3n) is 2.39. The van der Waals surface area contributed by atoms with Gasteiger partial charge in [0.2, 0.25) is 0 Å². The van der Waals surface area contributed by atoms with Crippen LogP contribution in [0.5, 0.6) is 0 Å². The molecule has 1 unspecified atom stereocenters. The van der Waals surface area contributed by atoms with Gasteiger partial charge in [-0.05, 0) is 62.2 Å². The second-order valence-corrected chi connectivity index (χ2v) is 7.91. The van der Waals surface area contributed by atoms with Crippen LogP contribution in [0.4, 0.5) is 0 Å². The summed E-state index contributed by atoms with van der Waals surface area (Å²) in [6.07, 6.45) is 1.82. The molecule has 1 aromatic rings. The maximum Gasteiger partial charge on any atom is 0.136 e. The van der Waals surface area contributed by atoms with Crippen LogP contribution in [0.15, 0.2) is 16.7 Å². The lowest BCUT2D eigenvalue weighted by molar-refractivity contribution is 0.531. The molecule has 96 valence electrons. The first kappa shape index (κ1) is 15.0. The number of hydrogen-bond acceptors (Lipinski definition) is 3. The van der Waals surface area contributed by atoms with E-state index in [0.717, 1.165) is 15.7 Å². The molecule has 2 atom stereocenters. The van der Waals surface area contributed by atoms with E-state index in [-0.39, 0.29) is 10.8 Å². The van der Waals surface area contributed by atoms with Gasteiger partial charge >= 0.3 is 0 Å². The van der Waals surface area contributed by atoms with Crippen molar-refractivity contribution in [3.05, 3.63) is 28.0 Å². The van der Waals surface area contributed by atoms with Crippen LogP contribution in [0.2, 0.25) is 0 Å². The molecule has 1 heterocycles. The van der Waals surface area contributed by atoms with E-state index in [1.807, 2.05) is 46.9 Å². The van der Waals surface area contributed by atoms with Crippen molar-refractivity contribution in [3.8, 4) is 0 Å². The van der Waals surface area contributed by atoms with E-state index in [1.54, 1.807) is 0 Å². The summed E-state index contributed by atoms with van der Waals surface area (Å²) in [7, 11) is 0. The lowest BCUT2D eigenvalue weighted by Gasteiger charge is -2.26. The van der Waals surface area contributed by atoms with E-state index in [9.17, 15) is 4.55 Å². The normalized spacial score (nSPS) is 15.7. The first-order valence-electron chi connectivity index (χ1n) is 5.52. The first-order valence-corrected chi connectivity index (χ1v) is 7.46. The van der Waals surface area contributed by atoms with E-state index >= 15 is 0 Å². The van der Waals surface area contributed by atoms with Crippen LogP contribution in [-0.4, -0.2) is 14.3 Å². The predicted molar refractivity (Wildman–Crippen MR) is 76.1 cm³/mol. The second-order valence-electron chi connectivity index (χ2n) is 5.06. The second kappa shape index (κ2) is 5.69.